The summed E-state index contributed by atoms with van der Waals surface area (Å²) in [7, 11) is 1.55. The maximum atomic E-state index is 12.9. The zero-order valence-corrected chi connectivity index (χ0v) is 24.8. The van der Waals surface area contributed by atoms with E-state index < -0.39 is 68.2 Å². The molecule has 0 radical (unpaired) electrons. The van der Waals surface area contributed by atoms with Crippen molar-refractivity contribution >= 4 is 35.7 Å². The predicted molar refractivity (Wildman–Crippen MR) is 158 cm³/mol. The van der Waals surface area contributed by atoms with E-state index in [9.17, 15) is 44.7 Å². The lowest BCUT2D eigenvalue weighted by Gasteiger charge is -2.30. The molecule has 0 aliphatic heterocycles. The standard InChI is InChI=1S/C32H38O12/c1-21-4-5-24(13-28(21)42-3)7-10-26(39)14-25(38)9-6-23-8-11-27(22(2)12-23)44-30(41)32(18-36,19-37)20-43-29(40)31(15-33,16-34)17-35/h4-13,33-37H,14-20H2,1-3H3/b9-6+,10-7+. The average Bonchev–Trinajstić information content (AvgIpc) is 3.02. The van der Waals surface area contributed by atoms with Crippen molar-refractivity contribution in [2.45, 2.75) is 20.3 Å². The first-order chi connectivity index (χ1) is 20.9. The number of carbonyl (C=O) groups excluding carboxylic acids is 4. The van der Waals surface area contributed by atoms with Crippen molar-refractivity contribution in [1.82, 2.24) is 0 Å². The summed E-state index contributed by atoms with van der Waals surface area (Å²) < 4.78 is 15.6. The lowest BCUT2D eigenvalue weighted by molar-refractivity contribution is -0.175. The highest BCUT2D eigenvalue weighted by molar-refractivity contribution is 6.10. The van der Waals surface area contributed by atoms with Gasteiger partial charge in [-0.3, -0.25) is 19.2 Å². The van der Waals surface area contributed by atoms with Crippen LogP contribution in [0.4, 0.5) is 0 Å². The Bertz CT molecular complexity index is 1380. The molecular weight excluding hydrogens is 576 g/mol. The number of allylic oxidation sites excluding steroid dienone is 2. The Balaban J connectivity index is 2.04. The van der Waals surface area contributed by atoms with Crippen LogP contribution in [0.5, 0.6) is 11.5 Å². The van der Waals surface area contributed by atoms with Crippen molar-refractivity contribution in [2.24, 2.45) is 10.8 Å². The minimum absolute atomic E-state index is 0.0551. The van der Waals surface area contributed by atoms with Crippen molar-refractivity contribution in [2.75, 3.05) is 46.8 Å². The van der Waals surface area contributed by atoms with Gasteiger partial charge >= 0.3 is 11.9 Å². The highest BCUT2D eigenvalue weighted by Gasteiger charge is 2.45. The fourth-order valence-electron chi connectivity index (χ4n) is 3.74. The SMILES string of the molecule is COc1cc(/C=C/C(=O)CC(=O)/C=C/c2ccc(OC(=O)C(CO)(CO)COC(=O)C(CO)(CO)CO)c(C)c2)ccc1C. The summed E-state index contributed by atoms with van der Waals surface area (Å²) in [6.45, 7) is -2.16. The van der Waals surface area contributed by atoms with E-state index in [2.05, 4.69) is 0 Å². The van der Waals surface area contributed by atoms with E-state index in [1.54, 1.807) is 32.2 Å². The number of ether oxygens (including phenoxy) is 3. The third kappa shape index (κ3) is 9.15. The van der Waals surface area contributed by atoms with Crippen LogP contribution in [0.1, 0.15) is 28.7 Å². The molecule has 5 N–H and O–H groups in total. The van der Waals surface area contributed by atoms with Crippen LogP contribution >= 0.6 is 0 Å². The molecular formula is C32H38O12. The number of aliphatic hydroxyl groups is 5. The second-order valence-corrected chi connectivity index (χ2v) is 10.3. The number of aryl methyl sites for hydroxylation is 2. The number of benzene rings is 2. The largest absolute Gasteiger partial charge is 0.496 e. The molecule has 0 fully saturated rings. The number of esters is 2. The Morgan fingerprint density at radius 3 is 1.70 bits per heavy atom. The number of ketones is 2. The fourth-order valence-corrected chi connectivity index (χ4v) is 3.74. The van der Waals surface area contributed by atoms with Crippen LogP contribution in [0.3, 0.4) is 0 Å². The van der Waals surface area contributed by atoms with Gasteiger partial charge in [0.1, 0.15) is 28.9 Å². The Morgan fingerprint density at radius 2 is 1.20 bits per heavy atom. The summed E-state index contributed by atoms with van der Waals surface area (Å²) in [6.07, 6.45) is 5.33. The van der Waals surface area contributed by atoms with Crippen molar-refractivity contribution in [3.8, 4) is 11.5 Å². The van der Waals surface area contributed by atoms with Crippen molar-refractivity contribution in [1.29, 1.82) is 0 Å². The van der Waals surface area contributed by atoms with Crippen molar-refractivity contribution < 1.29 is 58.9 Å². The topological polar surface area (TPSA) is 197 Å². The Hall–Kier alpha value is -4.20. The molecule has 2 rings (SSSR count). The zero-order chi connectivity index (χ0) is 32.9. The molecule has 0 saturated heterocycles. The van der Waals surface area contributed by atoms with Gasteiger partial charge in [0.2, 0.25) is 0 Å². The summed E-state index contributed by atoms with van der Waals surface area (Å²) >= 11 is 0. The smallest absolute Gasteiger partial charge is 0.325 e. The maximum absolute atomic E-state index is 12.9. The van der Waals surface area contributed by atoms with E-state index in [1.807, 2.05) is 19.1 Å². The summed E-state index contributed by atoms with van der Waals surface area (Å²) in [6, 6.07) is 10.0. The number of methoxy groups -OCH3 is 1. The molecule has 0 aliphatic carbocycles. The number of hydrogen-bond acceptors (Lipinski definition) is 12. The van der Waals surface area contributed by atoms with Crippen LogP contribution in [-0.2, 0) is 23.9 Å². The van der Waals surface area contributed by atoms with E-state index >= 15 is 0 Å². The van der Waals surface area contributed by atoms with Gasteiger partial charge in [0.25, 0.3) is 0 Å². The zero-order valence-electron chi connectivity index (χ0n) is 24.8. The summed E-state index contributed by atoms with van der Waals surface area (Å²) in [4.78, 5) is 49.8. The van der Waals surface area contributed by atoms with Crippen LogP contribution < -0.4 is 9.47 Å². The van der Waals surface area contributed by atoms with E-state index in [-0.39, 0.29) is 18.0 Å². The lowest BCUT2D eigenvalue weighted by Crippen LogP contribution is -2.49. The molecule has 0 bridgehead atoms. The normalized spacial score (nSPS) is 12.0. The molecule has 12 nitrogen and oxygen atoms in total. The highest BCUT2D eigenvalue weighted by atomic mass is 16.6. The minimum Gasteiger partial charge on any atom is -0.496 e. The number of carbonyl (C=O) groups is 4. The summed E-state index contributed by atoms with van der Waals surface area (Å²) in [5.41, 5.74) is -1.42. The second kappa shape index (κ2) is 16.6. The van der Waals surface area contributed by atoms with E-state index in [1.165, 1.54) is 30.4 Å². The van der Waals surface area contributed by atoms with E-state index in [0.29, 0.717) is 16.9 Å². The highest BCUT2D eigenvalue weighted by Crippen LogP contribution is 2.27. The van der Waals surface area contributed by atoms with Gasteiger partial charge in [-0.15, -0.1) is 0 Å². The molecule has 0 amide bonds. The second-order valence-electron chi connectivity index (χ2n) is 10.3. The first kappa shape index (κ1) is 36.0. The molecule has 0 saturated carbocycles. The van der Waals surface area contributed by atoms with Gasteiger partial charge < -0.3 is 39.7 Å². The minimum atomic E-state index is -2.09. The first-order valence-electron chi connectivity index (χ1n) is 13.5. The van der Waals surface area contributed by atoms with Gasteiger partial charge in [0.05, 0.1) is 46.6 Å². The molecule has 2 aromatic rings. The maximum Gasteiger partial charge on any atom is 0.325 e. The van der Waals surface area contributed by atoms with Crippen LogP contribution in [0.2, 0.25) is 0 Å². The van der Waals surface area contributed by atoms with Gasteiger partial charge in [-0.1, -0.05) is 30.4 Å². The van der Waals surface area contributed by atoms with Crippen LogP contribution in [0.15, 0.2) is 48.6 Å². The average molecular weight is 615 g/mol. The Labute approximate surface area is 254 Å². The van der Waals surface area contributed by atoms with Crippen molar-refractivity contribution in [3.05, 3.63) is 70.8 Å². The molecule has 0 heterocycles. The van der Waals surface area contributed by atoms with E-state index in [0.717, 1.165) is 11.1 Å². The van der Waals surface area contributed by atoms with Crippen molar-refractivity contribution in [3.63, 3.8) is 0 Å². The Kier molecular flexibility index (Phi) is 13.6. The molecule has 0 aliphatic rings. The quantitative estimate of drug-likeness (QED) is 0.0733. The third-order valence-corrected chi connectivity index (χ3v) is 6.96. The lowest BCUT2D eigenvalue weighted by atomic mass is 9.89. The number of hydrogen-bond donors (Lipinski definition) is 5. The monoisotopic (exact) mass is 614 g/mol. The fraction of sp³-hybridized carbons (Fsp3) is 0.375. The molecule has 0 atom stereocenters. The van der Waals surface area contributed by atoms with Crippen LogP contribution in [-0.4, -0.2) is 95.8 Å². The van der Waals surface area contributed by atoms with Crippen LogP contribution in [0.25, 0.3) is 12.2 Å². The summed E-state index contributed by atoms with van der Waals surface area (Å²) in [5.74, 6) is -2.43. The molecule has 238 valence electrons. The van der Waals surface area contributed by atoms with Gasteiger partial charge in [-0.05, 0) is 66.5 Å². The van der Waals surface area contributed by atoms with Gasteiger partial charge in [0.15, 0.2) is 11.6 Å². The molecule has 0 spiro atoms. The molecule has 12 heteroatoms. The molecule has 44 heavy (non-hydrogen) atoms. The first-order valence-corrected chi connectivity index (χ1v) is 13.5. The molecule has 2 aromatic carbocycles. The Morgan fingerprint density at radius 1 is 0.682 bits per heavy atom. The van der Waals surface area contributed by atoms with Gasteiger partial charge in [0, 0.05) is 0 Å². The summed E-state index contributed by atoms with van der Waals surface area (Å²) in [5, 5.41) is 47.9. The molecule has 0 aromatic heterocycles. The number of rotatable bonds is 17. The van der Waals surface area contributed by atoms with Crippen LogP contribution in [0, 0.1) is 24.7 Å². The number of aliphatic hydroxyl groups excluding tert-OH is 5. The van der Waals surface area contributed by atoms with E-state index in [4.69, 9.17) is 14.2 Å². The molecule has 0 unspecified atom stereocenters. The third-order valence-electron chi connectivity index (χ3n) is 6.96. The van der Waals surface area contributed by atoms with Gasteiger partial charge in [-0.25, -0.2) is 0 Å². The predicted octanol–water partition coefficient (Wildman–Crippen LogP) is 0.950. The van der Waals surface area contributed by atoms with Gasteiger partial charge in [-0.2, -0.15) is 0 Å².